The molecule has 17 heavy (non-hydrogen) atoms. The van der Waals surface area contributed by atoms with E-state index in [0.29, 0.717) is 18.8 Å². The molecule has 1 amide bonds. The summed E-state index contributed by atoms with van der Waals surface area (Å²) in [6, 6.07) is 3.80. The molecule has 0 saturated carbocycles. The molecule has 0 unspecified atom stereocenters. The highest BCUT2D eigenvalue weighted by molar-refractivity contribution is 6.32. The van der Waals surface area contributed by atoms with Crippen LogP contribution >= 0.6 is 11.6 Å². The molecule has 0 heterocycles. The van der Waals surface area contributed by atoms with Gasteiger partial charge in [-0.15, -0.1) is 0 Å². The molecule has 0 fully saturated rings. The topological polar surface area (TPSA) is 29.5 Å². The number of hydrogen-bond acceptors (Lipinski definition) is 2. The van der Waals surface area contributed by atoms with Gasteiger partial charge in [-0.2, -0.15) is 0 Å². The monoisotopic (exact) mass is 259 g/mol. The first-order chi connectivity index (χ1) is 8.08. The molecule has 0 aromatic heterocycles. The number of carbonyl (C=O) groups excluding carboxylic acids is 1. The van der Waals surface area contributed by atoms with Crippen molar-refractivity contribution < 1.29 is 13.9 Å². The summed E-state index contributed by atoms with van der Waals surface area (Å²) in [4.78, 5) is 13.3. The number of nitrogens with zero attached hydrogens (tertiary/aromatic N) is 1. The first kappa shape index (κ1) is 13.8. The van der Waals surface area contributed by atoms with Crippen LogP contribution in [0.5, 0.6) is 5.75 Å². The second-order valence-corrected chi connectivity index (χ2v) is 3.84. The SMILES string of the molecule is CCN(CC)C(=O)COc1ccc(F)cc1Cl. The van der Waals surface area contributed by atoms with Crippen LogP contribution in [0.2, 0.25) is 5.02 Å². The molecule has 0 saturated heterocycles. The zero-order chi connectivity index (χ0) is 12.8. The van der Waals surface area contributed by atoms with E-state index in [4.69, 9.17) is 16.3 Å². The van der Waals surface area contributed by atoms with Crippen molar-refractivity contribution >= 4 is 17.5 Å². The van der Waals surface area contributed by atoms with Gasteiger partial charge in [-0.3, -0.25) is 4.79 Å². The van der Waals surface area contributed by atoms with E-state index in [1.807, 2.05) is 13.8 Å². The highest BCUT2D eigenvalue weighted by Gasteiger charge is 2.11. The summed E-state index contributed by atoms with van der Waals surface area (Å²) in [5.74, 6) is -0.235. The number of ether oxygens (including phenoxy) is 1. The lowest BCUT2D eigenvalue weighted by atomic mass is 10.3. The van der Waals surface area contributed by atoms with Gasteiger partial charge in [0.1, 0.15) is 11.6 Å². The second-order valence-electron chi connectivity index (χ2n) is 3.43. The first-order valence-corrected chi connectivity index (χ1v) is 5.81. The van der Waals surface area contributed by atoms with Gasteiger partial charge < -0.3 is 9.64 Å². The summed E-state index contributed by atoms with van der Waals surface area (Å²) in [5.41, 5.74) is 0. The molecule has 1 aromatic rings. The lowest BCUT2D eigenvalue weighted by Gasteiger charge is -2.18. The molecule has 1 rings (SSSR count). The van der Waals surface area contributed by atoms with E-state index in [9.17, 15) is 9.18 Å². The molecule has 0 aliphatic rings. The van der Waals surface area contributed by atoms with Crippen LogP contribution in [0.25, 0.3) is 0 Å². The van der Waals surface area contributed by atoms with Crippen molar-refractivity contribution in [2.75, 3.05) is 19.7 Å². The Morgan fingerprint density at radius 3 is 2.59 bits per heavy atom. The molecule has 5 heteroatoms. The molecule has 0 spiro atoms. The molecule has 0 atom stereocenters. The summed E-state index contributed by atoms with van der Waals surface area (Å²) in [5, 5.41) is 0.164. The van der Waals surface area contributed by atoms with Crippen molar-refractivity contribution in [2.45, 2.75) is 13.8 Å². The van der Waals surface area contributed by atoms with Crippen LogP contribution in [0.4, 0.5) is 4.39 Å². The number of rotatable bonds is 5. The Hall–Kier alpha value is -1.29. The van der Waals surface area contributed by atoms with Gasteiger partial charge >= 0.3 is 0 Å². The van der Waals surface area contributed by atoms with Crippen LogP contribution in [0.3, 0.4) is 0 Å². The number of benzene rings is 1. The normalized spacial score (nSPS) is 10.1. The third-order valence-corrected chi connectivity index (χ3v) is 2.66. The van der Waals surface area contributed by atoms with Crippen molar-refractivity contribution in [3.05, 3.63) is 29.0 Å². The van der Waals surface area contributed by atoms with Crippen LogP contribution < -0.4 is 4.74 Å². The molecule has 0 aliphatic heterocycles. The maximum Gasteiger partial charge on any atom is 0.260 e. The predicted octanol–water partition coefficient (Wildman–Crippen LogP) is 2.73. The summed E-state index contributed by atoms with van der Waals surface area (Å²) >= 11 is 5.77. The lowest BCUT2D eigenvalue weighted by molar-refractivity contribution is -0.132. The molecule has 0 bridgehead atoms. The Morgan fingerprint density at radius 1 is 1.41 bits per heavy atom. The third-order valence-electron chi connectivity index (χ3n) is 2.36. The quantitative estimate of drug-likeness (QED) is 0.814. The van der Waals surface area contributed by atoms with Gasteiger partial charge in [0.15, 0.2) is 6.61 Å². The maximum absolute atomic E-state index is 12.8. The Kier molecular flexibility index (Phi) is 5.22. The Morgan fingerprint density at radius 2 is 2.06 bits per heavy atom. The minimum Gasteiger partial charge on any atom is -0.482 e. The molecule has 1 aromatic carbocycles. The van der Waals surface area contributed by atoms with Crippen LogP contribution in [0.1, 0.15) is 13.8 Å². The summed E-state index contributed by atoms with van der Waals surface area (Å²) in [7, 11) is 0. The van der Waals surface area contributed by atoms with E-state index >= 15 is 0 Å². The molecule has 0 radical (unpaired) electrons. The molecular weight excluding hydrogens is 245 g/mol. The van der Waals surface area contributed by atoms with Crippen molar-refractivity contribution in [2.24, 2.45) is 0 Å². The Bertz CT molecular complexity index is 394. The van der Waals surface area contributed by atoms with Crippen LogP contribution in [0, 0.1) is 5.82 Å². The van der Waals surface area contributed by atoms with Gasteiger partial charge in [0.25, 0.3) is 5.91 Å². The molecule has 0 N–H and O–H groups in total. The lowest BCUT2D eigenvalue weighted by Crippen LogP contribution is -2.34. The van der Waals surface area contributed by atoms with Crippen molar-refractivity contribution in [1.82, 2.24) is 4.90 Å². The van der Waals surface area contributed by atoms with E-state index in [1.165, 1.54) is 12.1 Å². The van der Waals surface area contributed by atoms with Gasteiger partial charge in [0.05, 0.1) is 5.02 Å². The minimum absolute atomic E-state index is 0.0902. The van der Waals surface area contributed by atoms with E-state index in [1.54, 1.807) is 4.90 Å². The van der Waals surface area contributed by atoms with Gasteiger partial charge in [-0.25, -0.2) is 4.39 Å². The Balaban J connectivity index is 2.58. The van der Waals surface area contributed by atoms with E-state index in [0.717, 1.165) is 6.07 Å². The zero-order valence-electron chi connectivity index (χ0n) is 9.87. The summed E-state index contributed by atoms with van der Waals surface area (Å²) < 4.78 is 18.0. The number of carbonyl (C=O) groups is 1. The van der Waals surface area contributed by atoms with Crippen molar-refractivity contribution in [3.8, 4) is 5.75 Å². The smallest absolute Gasteiger partial charge is 0.260 e. The standard InChI is InChI=1S/C12H15ClFNO2/c1-3-15(4-2)12(16)8-17-11-6-5-9(14)7-10(11)13/h5-7H,3-4,8H2,1-2H3. The number of amides is 1. The number of likely N-dealkylation sites (N-methyl/N-ethyl adjacent to an activating group) is 1. The van der Waals surface area contributed by atoms with Crippen molar-refractivity contribution in [1.29, 1.82) is 0 Å². The molecule has 0 aliphatic carbocycles. The highest BCUT2D eigenvalue weighted by Crippen LogP contribution is 2.24. The average Bonchev–Trinajstić information content (AvgIpc) is 2.29. The first-order valence-electron chi connectivity index (χ1n) is 5.44. The largest absolute Gasteiger partial charge is 0.482 e. The van der Waals surface area contributed by atoms with Gasteiger partial charge in [0, 0.05) is 13.1 Å². The predicted molar refractivity (Wildman–Crippen MR) is 64.8 cm³/mol. The van der Waals surface area contributed by atoms with E-state index in [-0.39, 0.29) is 17.5 Å². The fourth-order valence-corrected chi connectivity index (χ4v) is 1.62. The molecule has 3 nitrogen and oxygen atoms in total. The summed E-state index contributed by atoms with van der Waals surface area (Å²) in [6.45, 7) is 4.97. The van der Waals surface area contributed by atoms with Gasteiger partial charge in [-0.1, -0.05) is 11.6 Å². The van der Waals surface area contributed by atoms with E-state index < -0.39 is 5.82 Å². The zero-order valence-corrected chi connectivity index (χ0v) is 10.6. The minimum atomic E-state index is -0.433. The highest BCUT2D eigenvalue weighted by atomic mass is 35.5. The van der Waals surface area contributed by atoms with Crippen LogP contribution in [-0.4, -0.2) is 30.5 Å². The van der Waals surface area contributed by atoms with Crippen LogP contribution in [-0.2, 0) is 4.79 Å². The van der Waals surface area contributed by atoms with Crippen LogP contribution in [0.15, 0.2) is 18.2 Å². The molecule has 94 valence electrons. The third kappa shape index (κ3) is 3.89. The summed E-state index contributed by atoms with van der Waals surface area (Å²) in [6.07, 6.45) is 0. The second kappa shape index (κ2) is 6.45. The average molecular weight is 260 g/mol. The Labute approximate surface area is 105 Å². The molecular formula is C12H15ClFNO2. The maximum atomic E-state index is 12.8. The van der Waals surface area contributed by atoms with Gasteiger partial charge in [0.2, 0.25) is 0 Å². The van der Waals surface area contributed by atoms with Gasteiger partial charge in [-0.05, 0) is 32.0 Å². The van der Waals surface area contributed by atoms with E-state index in [2.05, 4.69) is 0 Å². The fraction of sp³-hybridized carbons (Fsp3) is 0.417. The fourth-order valence-electron chi connectivity index (χ4n) is 1.40. The number of halogens is 2. The number of hydrogen-bond donors (Lipinski definition) is 0. The van der Waals surface area contributed by atoms with Crippen molar-refractivity contribution in [3.63, 3.8) is 0 Å².